The molecule has 0 fully saturated rings. The molecule has 0 bridgehead atoms. The van der Waals surface area contributed by atoms with E-state index in [9.17, 15) is 0 Å². The molecule has 2 aromatic heterocycles. The maximum absolute atomic E-state index is 4.01. The van der Waals surface area contributed by atoms with Gasteiger partial charge in [-0.25, -0.2) is 4.68 Å². The number of hydrogen-bond donors (Lipinski definition) is 0. The second-order valence-corrected chi connectivity index (χ2v) is 2.82. The Balaban J connectivity index is 2.59. The molecular formula is C8H9N5. The van der Waals surface area contributed by atoms with Crippen LogP contribution in [0.3, 0.4) is 0 Å². The lowest BCUT2D eigenvalue weighted by molar-refractivity contribution is 0.714. The van der Waals surface area contributed by atoms with E-state index in [4.69, 9.17) is 0 Å². The van der Waals surface area contributed by atoms with Gasteiger partial charge in [0.2, 0.25) is 0 Å². The average molecular weight is 175 g/mol. The second-order valence-electron chi connectivity index (χ2n) is 2.82. The van der Waals surface area contributed by atoms with Crippen molar-refractivity contribution in [2.45, 2.75) is 6.92 Å². The Bertz CT molecular complexity index is 420. The molecule has 0 aromatic carbocycles. The van der Waals surface area contributed by atoms with Crippen LogP contribution in [0.2, 0.25) is 0 Å². The topological polar surface area (TPSA) is 56.5 Å². The lowest BCUT2D eigenvalue weighted by Gasteiger charge is -2.01. The van der Waals surface area contributed by atoms with Crippen molar-refractivity contribution in [3.8, 4) is 11.4 Å². The summed E-state index contributed by atoms with van der Waals surface area (Å²) in [6.07, 6.45) is 3.53. The molecule has 0 atom stereocenters. The molecule has 2 heterocycles. The summed E-state index contributed by atoms with van der Waals surface area (Å²) in [7, 11) is 1.81. The molecule has 0 spiro atoms. The smallest absolute Gasteiger partial charge is 0.182 e. The quantitative estimate of drug-likeness (QED) is 0.636. The van der Waals surface area contributed by atoms with E-state index in [1.165, 1.54) is 0 Å². The monoisotopic (exact) mass is 175 g/mol. The molecule has 5 heteroatoms. The molecule has 5 nitrogen and oxygen atoms in total. The van der Waals surface area contributed by atoms with Gasteiger partial charge in [-0.3, -0.25) is 4.98 Å². The third-order valence-electron chi connectivity index (χ3n) is 1.88. The van der Waals surface area contributed by atoms with Crippen LogP contribution in [0.5, 0.6) is 0 Å². The van der Waals surface area contributed by atoms with Crippen molar-refractivity contribution in [3.63, 3.8) is 0 Å². The summed E-state index contributed by atoms with van der Waals surface area (Å²) >= 11 is 0. The van der Waals surface area contributed by atoms with Gasteiger partial charge in [0.15, 0.2) is 5.82 Å². The Hall–Kier alpha value is -1.78. The van der Waals surface area contributed by atoms with E-state index in [2.05, 4.69) is 20.5 Å². The molecule has 0 aliphatic carbocycles. The minimum atomic E-state index is 0.764. The van der Waals surface area contributed by atoms with Gasteiger partial charge in [0, 0.05) is 25.0 Å². The Kier molecular flexibility index (Phi) is 1.77. The summed E-state index contributed by atoms with van der Waals surface area (Å²) in [5.74, 6) is 0.764. The van der Waals surface area contributed by atoms with Gasteiger partial charge in [0.05, 0.1) is 0 Å². The van der Waals surface area contributed by atoms with Crippen molar-refractivity contribution in [1.29, 1.82) is 0 Å². The molecule has 0 aliphatic heterocycles. The molecule has 0 amide bonds. The first-order valence-corrected chi connectivity index (χ1v) is 3.92. The maximum atomic E-state index is 4.01. The van der Waals surface area contributed by atoms with E-state index < -0.39 is 0 Å². The van der Waals surface area contributed by atoms with Gasteiger partial charge >= 0.3 is 0 Å². The number of tetrazole rings is 1. The summed E-state index contributed by atoms with van der Waals surface area (Å²) in [6, 6.07) is 1.90. The summed E-state index contributed by atoms with van der Waals surface area (Å²) in [5.41, 5.74) is 2.09. The highest BCUT2D eigenvalue weighted by atomic mass is 15.5. The van der Waals surface area contributed by atoms with Crippen LogP contribution in [0.15, 0.2) is 18.5 Å². The van der Waals surface area contributed by atoms with Crippen molar-refractivity contribution >= 4 is 0 Å². The molecule has 13 heavy (non-hydrogen) atoms. The third kappa shape index (κ3) is 1.28. The number of aryl methyl sites for hydroxylation is 2. The van der Waals surface area contributed by atoms with Crippen LogP contribution in [0.4, 0.5) is 0 Å². The van der Waals surface area contributed by atoms with E-state index in [0.29, 0.717) is 0 Å². The largest absolute Gasteiger partial charge is 0.264 e. The molecular weight excluding hydrogens is 166 g/mol. The van der Waals surface area contributed by atoms with E-state index in [0.717, 1.165) is 17.0 Å². The average Bonchev–Trinajstić information content (AvgIpc) is 2.52. The molecule has 0 aliphatic rings. The van der Waals surface area contributed by atoms with Gasteiger partial charge in [-0.05, 0) is 29.0 Å². The van der Waals surface area contributed by atoms with E-state index in [1.54, 1.807) is 17.1 Å². The fourth-order valence-corrected chi connectivity index (χ4v) is 1.18. The molecule has 0 N–H and O–H groups in total. The van der Waals surface area contributed by atoms with Crippen LogP contribution in [0.1, 0.15) is 5.56 Å². The van der Waals surface area contributed by atoms with Crippen molar-refractivity contribution in [3.05, 3.63) is 24.0 Å². The summed E-state index contributed by atoms with van der Waals surface area (Å²) in [6.45, 7) is 1.98. The maximum Gasteiger partial charge on any atom is 0.182 e. The summed E-state index contributed by atoms with van der Waals surface area (Å²) in [4.78, 5) is 4.01. The van der Waals surface area contributed by atoms with Crippen LogP contribution in [0, 0.1) is 6.92 Å². The minimum absolute atomic E-state index is 0.764. The molecule has 0 saturated carbocycles. The van der Waals surface area contributed by atoms with E-state index >= 15 is 0 Å². The van der Waals surface area contributed by atoms with E-state index in [1.807, 2.05) is 20.0 Å². The number of hydrogen-bond acceptors (Lipinski definition) is 4. The number of nitrogens with zero attached hydrogens (tertiary/aromatic N) is 5. The zero-order valence-electron chi connectivity index (χ0n) is 7.47. The van der Waals surface area contributed by atoms with Gasteiger partial charge in [-0.15, -0.1) is 5.10 Å². The molecule has 0 radical (unpaired) electrons. The highest BCUT2D eigenvalue weighted by Gasteiger charge is 2.07. The number of aromatic nitrogens is 5. The second kappa shape index (κ2) is 2.93. The lowest BCUT2D eigenvalue weighted by atomic mass is 10.1. The highest BCUT2D eigenvalue weighted by molar-refractivity contribution is 5.58. The molecule has 2 rings (SSSR count). The zero-order chi connectivity index (χ0) is 9.26. The number of pyridine rings is 1. The normalized spacial score (nSPS) is 10.3. The first kappa shape index (κ1) is 7.85. The van der Waals surface area contributed by atoms with Crippen molar-refractivity contribution in [2.75, 3.05) is 0 Å². The lowest BCUT2D eigenvalue weighted by Crippen LogP contribution is -1.96. The van der Waals surface area contributed by atoms with Crippen LogP contribution in [-0.2, 0) is 7.05 Å². The minimum Gasteiger partial charge on any atom is -0.264 e. The van der Waals surface area contributed by atoms with Gasteiger partial charge in [0.25, 0.3) is 0 Å². The Morgan fingerprint density at radius 2 is 2.23 bits per heavy atom. The number of rotatable bonds is 1. The van der Waals surface area contributed by atoms with Gasteiger partial charge in [-0.2, -0.15) is 0 Å². The van der Waals surface area contributed by atoms with Crippen LogP contribution in [0.25, 0.3) is 11.4 Å². The third-order valence-corrected chi connectivity index (χ3v) is 1.88. The highest BCUT2D eigenvalue weighted by Crippen LogP contribution is 2.17. The van der Waals surface area contributed by atoms with Crippen LogP contribution < -0.4 is 0 Å². The van der Waals surface area contributed by atoms with Crippen LogP contribution >= 0.6 is 0 Å². The Morgan fingerprint density at radius 3 is 2.85 bits per heavy atom. The van der Waals surface area contributed by atoms with Crippen molar-refractivity contribution in [2.24, 2.45) is 7.05 Å². The van der Waals surface area contributed by atoms with Crippen molar-refractivity contribution < 1.29 is 0 Å². The Morgan fingerprint density at radius 1 is 1.38 bits per heavy atom. The Labute approximate surface area is 75.4 Å². The SMILES string of the molecule is Cc1cnccc1-c1nnnn1C. The molecule has 66 valence electrons. The fraction of sp³-hybridized carbons (Fsp3) is 0.250. The zero-order valence-corrected chi connectivity index (χ0v) is 7.47. The van der Waals surface area contributed by atoms with E-state index in [-0.39, 0.29) is 0 Å². The van der Waals surface area contributed by atoms with Crippen LogP contribution in [-0.4, -0.2) is 25.2 Å². The molecule has 0 saturated heterocycles. The fourth-order valence-electron chi connectivity index (χ4n) is 1.18. The predicted octanol–water partition coefficient (Wildman–Crippen LogP) is 0.581. The first-order chi connectivity index (χ1) is 6.29. The first-order valence-electron chi connectivity index (χ1n) is 3.92. The standard InChI is InChI=1S/C8H9N5/c1-6-5-9-4-3-7(6)8-10-11-12-13(8)2/h3-5H,1-2H3. The summed E-state index contributed by atoms with van der Waals surface area (Å²) < 4.78 is 1.64. The predicted molar refractivity (Wildman–Crippen MR) is 46.8 cm³/mol. The molecule has 0 unspecified atom stereocenters. The summed E-state index contributed by atoms with van der Waals surface area (Å²) in [5, 5.41) is 11.3. The van der Waals surface area contributed by atoms with Gasteiger partial charge < -0.3 is 0 Å². The van der Waals surface area contributed by atoms with Gasteiger partial charge in [-0.1, -0.05) is 0 Å². The van der Waals surface area contributed by atoms with Crippen molar-refractivity contribution in [1.82, 2.24) is 25.2 Å². The molecule has 2 aromatic rings. The van der Waals surface area contributed by atoms with Gasteiger partial charge in [0.1, 0.15) is 0 Å².